The molecule has 0 saturated heterocycles. The molecule has 0 unspecified atom stereocenters. The third-order valence-electron chi connectivity index (χ3n) is 4.24. The van der Waals surface area contributed by atoms with Gasteiger partial charge in [0.25, 0.3) is 0 Å². The molecule has 1 aromatic heterocycles. The molecular formula is C19H22O5. The summed E-state index contributed by atoms with van der Waals surface area (Å²) in [6, 6.07) is 6.86. The predicted molar refractivity (Wildman–Crippen MR) is 90.2 cm³/mol. The van der Waals surface area contributed by atoms with Crippen molar-refractivity contribution in [1.29, 1.82) is 0 Å². The summed E-state index contributed by atoms with van der Waals surface area (Å²) >= 11 is 0. The second kappa shape index (κ2) is 5.96. The van der Waals surface area contributed by atoms with Crippen molar-refractivity contribution in [3.05, 3.63) is 40.2 Å². The van der Waals surface area contributed by atoms with Crippen LogP contribution in [0.1, 0.15) is 39.7 Å². The Kier molecular flexibility index (Phi) is 4.11. The van der Waals surface area contributed by atoms with Crippen LogP contribution < -0.4 is 10.4 Å². The number of rotatable bonds is 4. The fourth-order valence-corrected chi connectivity index (χ4v) is 2.98. The molecule has 0 aliphatic carbocycles. The van der Waals surface area contributed by atoms with Crippen molar-refractivity contribution >= 4 is 16.9 Å². The van der Waals surface area contributed by atoms with Crippen molar-refractivity contribution in [2.45, 2.75) is 52.2 Å². The van der Waals surface area contributed by atoms with E-state index in [0.29, 0.717) is 24.2 Å². The number of hydrogen-bond acceptors (Lipinski definition) is 5. The van der Waals surface area contributed by atoms with E-state index >= 15 is 0 Å². The van der Waals surface area contributed by atoms with E-state index in [1.165, 1.54) is 6.07 Å². The highest BCUT2D eigenvalue weighted by molar-refractivity contribution is 5.82. The summed E-state index contributed by atoms with van der Waals surface area (Å²) < 4.78 is 17.0. The van der Waals surface area contributed by atoms with Crippen molar-refractivity contribution in [2.24, 2.45) is 5.92 Å². The van der Waals surface area contributed by atoms with Crippen LogP contribution in [-0.2, 0) is 16.0 Å². The third kappa shape index (κ3) is 3.16. The summed E-state index contributed by atoms with van der Waals surface area (Å²) in [4.78, 5) is 23.6. The van der Waals surface area contributed by atoms with Gasteiger partial charge in [-0.25, -0.2) is 4.79 Å². The summed E-state index contributed by atoms with van der Waals surface area (Å²) in [5.41, 5.74) is 0.240. The molecule has 1 aliphatic heterocycles. The molecule has 0 bridgehead atoms. The number of carbonyl (C=O) groups is 1. The van der Waals surface area contributed by atoms with Crippen molar-refractivity contribution in [3.63, 3.8) is 0 Å². The normalized spacial score (nSPS) is 17.0. The van der Waals surface area contributed by atoms with Gasteiger partial charge in [0.15, 0.2) is 0 Å². The Balaban J connectivity index is 1.85. The topological polar surface area (TPSA) is 65.7 Å². The van der Waals surface area contributed by atoms with Crippen molar-refractivity contribution < 1.29 is 18.7 Å². The van der Waals surface area contributed by atoms with E-state index in [0.717, 1.165) is 10.9 Å². The van der Waals surface area contributed by atoms with Gasteiger partial charge in [0.05, 0.1) is 0 Å². The van der Waals surface area contributed by atoms with Crippen molar-refractivity contribution in [1.82, 2.24) is 0 Å². The van der Waals surface area contributed by atoms with Gasteiger partial charge in [-0.1, -0.05) is 13.8 Å². The molecule has 3 rings (SSSR count). The number of hydrogen-bond donors (Lipinski definition) is 0. The van der Waals surface area contributed by atoms with Gasteiger partial charge in [0, 0.05) is 29.9 Å². The first-order valence-corrected chi connectivity index (χ1v) is 8.20. The number of fused-ring (bicyclic) bond motifs is 3. The van der Waals surface area contributed by atoms with Crippen LogP contribution in [0, 0.1) is 5.92 Å². The molecule has 1 atom stereocenters. The van der Waals surface area contributed by atoms with Crippen molar-refractivity contribution in [2.75, 3.05) is 0 Å². The highest BCUT2D eigenvalue weighted by Gasteiger charge is 2.40. The van der Waals surface area contributed by atoms with Gasteiger partial charge in [0.2, 0.25) is 0 Å². The summed E-state index contributed by atoms with van der Waals surface area (Å²) in [7, 11) is 0. The Bertz CT molecular complexity index is 831. The minimum Gasteiger partial charge on any atom is -0.485 e. The number of esters is 1. The molecule has 0 spiro atoms. The van der Waals surface area contributed by atoms with Crippen LogP contribution in [0.15, 0.2) is 33.5 Å². The maximum Gasteiger partial charge on any atom is 0.336 e. The van der Waals surface area contributed by atoms with Gasteiger partial charge < -0.3 is 13.9 Å². The molecular weight excluding hydrogens is 308 g/mol. The first-order valence-electron chi connectivity index (χ1n) is 8.20. The minimum atomic E-state index is -0.771. The van der Waals surface area contributed by atoms with E-state index in [9.17, 15) is 9.59 Å². The molecule has 2 heterocycles. The fourth-order valence-electron chi connectivity index (χ4n) is 2.98. The quantitative estimate of drug-likeness (QED) is 0.634. The first-order chi connectivity index (χ1) is 11.3. The van der Waals surface area contributed by atoms with Gasteiger partial charge in [-0.05, 0) is 38.0 Å². The minimum absolute atomic E-state index is 0.231. The lowest BCUT2D eigenvalue weighted by Gasteiger charge is -2.31. The molecule has 0 N–H and O–H groups in total. The average Bonchev–Trinajstić information content (AvgIpc) is 2.91. The summed E-state index contributed by atoms with van der Waals surface area (Å²) in [6.07, 6.45) is 0.586. The van der Waals surface area contributed by atoms with Gasteiger partial charge in [-0.2, -0.15) is 0 Å². The molecule has 2 aromatic rings. The summed E-state index contributed by atoms with van der Waals surface area (Å²) in [5, 5.41) is 0.854. The average molecular weight is 330 g/mol. The van der Waals surface area contributed by atoms with Crippen LogP contribution in [0.2, 0.25) is 0 Å². The van der Waals surface area contributed by atoms with Gasteiger partial charge in [-0.3, -0.25) is 4.79 Å². The maximum atomic E-state index is 12.0. The Hall–Kier alpha value is -2.30. The Labute approximate surface area is 140 Å². The van der Waals surface area contributed by atoms with E-state index in [1.807, 2.05) is 39.8 Å². The lowest BCUT2D eigenvalue weighted by Crippen LogP contribution is -2.43. The van der Waals surface area contributed by atoms with E-state index in [4.69, 9.17) is 13.9 Å². The second-order valence-electron chi connectivity index (χ2n) is 7.20. The van der Waals surface area contributed by atoms with Crippen LogP contribution in [-0.4, -0.2) is 17.7 Å². The fraction of sp³-hybridized carbons (Fsp3) is 0.474. The number of benzene rings is 1. The molecule has 0 fully saturated rings. The summed E-state index contributed by atoms with van der Waals surface area (Å²) in [6.45, 7) is 7.65. The lowest BCUT2D eigenvalue weighted by molar-refractivity contribution is -0.165. The van der Waals surface area contributed by atoms with E-state index in [1.54, 1.807) is 6.07 Å². The zero-order chi connectivity index (χ0) is 17.5. The maximum absolute atomic E-state index is 12.0. The molecule has 0 saturated carbocycles. The number of carbonyl (C=O) groups excluding carboxylic acids is 1. The van der Waals surface area contributed by atoms with Crippen LogP contribution in [0.5, 0.6) is 5.75 Å². The Morgan fingerprint density at radius 2 is 2.00 bits per heavy atom. The zero-order valence-corrected chi connectivity index (χ0v) is 14.4. The molecule has 1 aliphatic rings. The molecule has 24 heavy (non-hydrogen) atoms. The second-order valence-corrected chi connectivity index (χ2v) is 7.20. The SMILES string of the molecule is CC(C)CC(=O)OC(C)(C)[C@@H]1Cc2c(ccc3ccc(=O)oc23)O1. The smallest absolute Gasteiger partial charge is 0.336 e. The third-order valence-corrected chi connectivity index (χ3v) is 4.24. The van der Waals surface area contributed by atoms with E-state index in [-0.39, 0.29) is 23.6 Å². The van der Waals surface area contributed by atoms with Crippen LogP contribution in [0.4, 0.5) is 0 Å². The monoisotopic (exact) mass is 330 g/mol. The van der Waals surface area contributed by atoms with Gasteiger partial charge >= 0.3 is 11.6 Å². The van der Waals surface area contributed by atoms with E-state index < -0.39 is 5.60 Å². The highest BCUT2D eigenvalue weighted by atomic mass is 16.6. The molecule has 1 aromatic carbocycles. The predicted octanol–water partition coefficient (Wildman–Crippen LogP) is 3.46. The first kappa shape index (κ1) is 16.6. The molecule has 0 radical (unpaired) electrons. The highest BCUT2D eigenvalue weighted by Crippen LogP contribution is 2.38. The summed E-state index contributed by atoms with van der Waals surface area (Å²) in [5.74, 6) is 0.689. The van der Waals surface area contributed by atoms with Gasteiger partial charge in [0.1, 0.15) is 23.0 Å². The molecule has 0 amide bonds. The lowest BCUT2D eigenvalue weighted by atomic mass is 9.96. The van der Waals surface area contributed by atoms with Gasteiger partial charge in [-0.15, -0.1) is 0 Å². The molecule has 5 heteroatoms. The van der Waals surface area contributed by atoms with Crippen LogP contribution in [0.25, 0.3) is 11.0 Å². The number of ether oxygens (including phenoxy) is 2. The van der Waals surface area contributed by atoms with Crippen LogP contribution in [0.3, 0.4) is 0 Å². The molecule has 5 nitrogen and oxygen atoms in total. The van der Waals surface area contributed by atoms with Crippen LogP contribution >= 0.6 is 0 Å². The van der Waals surface area contributed by atoms with Crippen molar-refractivity contribution in [3.8, 4) is 5.75 Å². The Morgan fingerprint density at radius 3 is 2.71 bits per heavy atom. The standard InChI is InChI=1S/C19H22O5/c1-11(2)9-17(21)24-19(3,4)15-10-13-14(22-15)7-5-12-6-8-16(20)23-18(12)13/h5-8,11,15H,9-10H2,1-4H3/t15-/m0/s1. The Morgan fingerprint density at radius 1 is 1.29 bits per heavy atom. The molecule has 128 valence electrons. The van der Waals surface area contributed by atoms with E-state index in [2.05, 4.69) is 0 Å². The largest absolute Gasteiger partial charge is 0.485 e. The zero-order valence-electron chi connectivity index (χ0n) is 14.4.